The third kappa shape index (κ3) is 2.34. The van der Waals surface area contributed by atoms with E-state index in [0.29, 0.717) is 0 Å². The Hall–Kier alpha value is -2.70. The van der Waals surface area contributed by atoms with Crippen molar-refractivity contribution in [1.29, 1.82) is 0 Å². The molecule has 18 heavy (non-hydrogen) atoms. The summed E-state index contributed by atoms with van der Waals surface area (Å²) in [5.41, 5.74) is -0.561. The molecule has 1 aromatic heterocycles. The zero-order chi connectivity index (χ0) is 13.1. The number of halogens is 1. The van der Waals surface area contributed by atoms with Gasteiger partial charge in [0.15, 0.2) is 5.69 Å². The number of ether oxygens (including phenoxy) is 1. The van der Waals surface area contributed by atoms with Crippen molar-refractivity contribution in [2.24, 2.45) is 0 Å². The fraction of sp³-hybridized carbons (Fsp3) is 0. The minimum Gasteiger partial charge on any atom is -0.478 e. The molecular weight excluding hydrogens is 243 g/mol. The summed E-state index contributed by atoms with van der Waals surface area (Å²) in [6.07, 6.45) is 1.00. The van der Waals surface area contributed by atoms with Gasteiger partial charge in [-0.25, -0.2) is 14.0 Å². The number of H-pyrrole nitrogens is 1. The van der Waals surface area contributed by atoms with Crippen LogP contribution in [-0.4, -0.2) is 27.2 Å². The van der Waals surface area contributed by atoms with E-state index in [-0.39, 0.29) is 17.0 Å². The maximum Gasteiger partial charge on any atom is 0.362 e. The van der Waals surface area contributed by atoms with Gasteiger partial charge in [-0.3, -0.25) is 5.10 Å². The number of carboxylic acid groups (broad SMARTS) is 1. The van der Waals surface area contributed by atoms with E-state index in [1.807, 2.05) is 0 Å². The predicted octanol–water partition coefficient (Wildman–Crippen LogP) is 1.47. The Morgan fingerprint density at radius 3 is 2.56 bits per heavy atom. The average molecular weight is 250 g/mol. The van der Waals surface area contributed by atoms with Gasteiger partial charge in [-0.1, -0.05) is 0 Å². The zero-order valence-corrected chi connectivity index (χ0v) is 8.88. The standard InChI is InChI=1S/C11H7FN2O4/c12-6-1-3-7(4-2-6)18-11(17)9-8(10(15)16)5-13-14-9/h1-5H,(H,13,14)(H,15,16). The SMILES string of the molecule is O=C(O)c1cn[nH]c1C(=O)Oc1ccc(F)cc1. The molecule has 0 amide bonds. The highest BCUT2D eigenvalue weighted by atomic mass is 19.1. The van der Waals surface area contributed by atoms with Gasteiger partial charge in [0.1, 0.15) is 17.1 Å². The van der Waals surface area contributed by atoms with Crippen LogP contribution in [0.2, 0.25) is 0 Å². The fourth-order valence-electron chi connectivity index (χ4n) is 1.26. The number of benzene rings is 1. The van der Waals surface area contributed by atoms with Gasteiger partial charge in [0.2, 0.25) is 0 Å². The lowest BCUT2D eigenvalue weighted by Gasteiger charge is -2.02. The Balaban J connectivity index is 2.19. The first-order valence-electron chi connectivity index (χ1n) is 4.82. The molecule has 0 radical (unpaired) electrons. The van der Waals surface area contributed by atoms with Gasteiger partial charge in [-0.15, -0.1) is 0 Å². The number of aromatic nitrogens is 2. The first-order valence-corrected chi connectivity index (χ1v) is 4.82. The molecule has 0 spiro atoms. The van der Waals surface area contributed by atoms with Gasteiger partial charge in [-0.05, 0) is 24.3 Å². The molecule has 0 aliphatic rings. The minimum absolute atomic E-state index is 0.104. The molecule has 1 aromatic carbocycles. The summed E-state index contributed by atoms with van der Waals surface area (Å²) in [5, 5.41) is 14.5. The molecule has 0 saturated heterocycles. The van der Waals surface area contributed by atoms with Crippen molar-refractivity contribution >= 4 is 11.9 Å². The van der Waals surface area contributed by atoms with Gasteiger partial charge < -0.3 is 9.84 Å². The van der Waals surface area contributed by atoms with Gasteiger partial charge in [0.25, 0.3) is 0 Å². The molecule has 2 aromatic rings. The van der Waals surface area contributed by atoms with E-state index in [1.54, 1.807) is 0 Å². The highest BCUT2D eigenvalue weighted by Gasteiger charge is 2.20. The monoisotopic (exact) mass is 250 g/mol. The number of nitrogens with zero attached hydrogens (tertiary/aromatic N) is 1. The van der Waals surface area contributed by atoms with Crippen LogP contribution in [0, 0.1) is 5.82 Å². The normalized spacial score (nSPS) is 10.1. The van der Waals surface area contributed by atoms with E-state index in [0.717, 1.165) is 18.3 Å². The molecule has 0 unspecified atom stereocenters. The second-order valence-corrected chi connectivity index (χ2v) is 3.31. The molecule has 2 N–H and O–H groups in total. The smallest absolute Gasteiger partial charge is 0.362 e. The second kappa shape index (κ2) is 4.66. The Kier molecular flexibility index (Phi) is 3.05. The van der Waals surface area contributed by atoms with E-state index < -0.39 is 17.8 Å². The molecule has 0 saturated carbocycles. The van der Waals surface area contributed by atoms with Crippen LogP contribution >= 0.6 is 0 Å². The molecule has 0 aliphatic heterocycles. The van der Waals surface area contributed by atoms with Gasteiger partial charge in [-0.2, -0.15) is 5.10 Å². The Bertz CT molecular complexity index is 591. The van der Waals surface area contributed by atoms with Crippen LogP contribution in [-0.2, 0) is 0 Å². The Morgan fingerprint density at radius 1 is 1.28 bits per heavy atom. The summed E-state index contributed by atoms with van der Waals surface area (Å²) in [7, 11) is 0. The topological polar surface area (TPSA) is 92.3 Å². The van der Waals surface area contributed by atoms with E-state index in [1.165, 1.54) is 12.1 Å². The minimum atomic E-state index is -1.30. The van der Waals surface area contributed by atoms with Crippen molar-refractivity contribution < 1.29 is 23.8 Å². The van der Waals surface area contributed by atoms with Gasteiger partial charge in [0.05, 0.1) is 6.20 Å². The zero-order valence-electron chi connectivity index (χ0n) is 8.88. The molecule has 0 atom stereocenters. The quantitative estimate of drug-likeness (QED) is 0.635. The van der Waals surface area contributed by atoms with Crippen LogP contribution in [0.4, 0.5) is 4.39 Å². The number of carbonyl (C=O) groups is 2. The molecule has 1 heterocycles. The maximum absolute atomic E-state index is 12.6. The van der Waals surface area contributed by atoms with E-state index in [2.05, 4.69) is 10.2 Å². The van der Waals surface area contributed by atoms with Crippen LogP contribution in [0.5, 0.6) is 5.75 Å². The summed E-state index contributed by atoms with van der Waals surface area (Å²) in [4.78, 5) is 22.4. The molecule has 0 bridgehead atoms. The molecule has 6 nitrogen and oxygen atoms in total. The van der Waals surface area contributed by atoms with Crippen molar-refractivity contribution in [1.82, 2.24) is 10.2 Å². The lowest BCUT2D eigenvalue weighted by molar-refractivity contribution is 0.0666. The highest BCUT2D eigenvalue weighted by molar-refractivity contribution is 6.01. The van der Waals surface area contributed by atoms with Crippen LogP contribution in [0.1, 0.15) is 20.8 Å². The third-order valence-corrected chi connectivity index (χ3v) is 2.10. The Morgan fingerprint density at radius 2 is 1.94 bits per heavy atom. The molecule has 7 heteroatoms. The lowest BCUT2D eigenvalue weighted by Crippen LogP contribution is -2.13. The van der Waals surface area contributed by atoms with Crippen molar-refractivity contribution in [3.8, 4) is 5.75 Å². The van der Waals surface area contributed by atoms with Crippen molar-refractivity contribution in [2.45, 2.75) is 0 Å². The number of aromatic carboxylic acids is 1. The van der Waals surface area contributed by atoms with Crippen LogP contribution < -0.4 is 4.74 Å². The lowest BCUT2D eigenvalue weighted by atomic mass is 10.2. The first-order chi connectivity index (χ1) is 8.58. The second-order valence-electron chi connectivity index (χ2n) is 3.31. The molecule has 2 rings (SSSR count). The third-order valence-electron chi connectivity index (χ3n) is 2.10. The van der Waals surface area contributed by atoms with Gasteiger partial charge >= 0.3 is 11.9 Å². The van der Waals surface area contributed by atoms with Crippen LogP contribution in [0.15, 0.2) is 30.5 Å². The van der Waals surface area contributed by atoms with Crippen LogP contribution in [0.3, 0.4) is 0 Å². The number of carboxylic acids is 1. The van der Waals surface area contributed by atoms with Gasteiger partial charge in [0, 0.05) is 0 Å². The number of carbonyl (C=O) groups excluding carboxylic acids is 1. The molecule has 92 valence electrons. The number of esters is 1. The number of hydrogen-bond donors (Lipinski definition) is 2. The predicted molar refractivity (Wildman–Crippen MR) is 56.9 cm³/mol. The molecular formula is C11H7FN2O4. The van der Waals surface area contributed by atoms with E-state index >= 15 is 0 Å². The summed E-state index contributed by atoms with van der Waals surface area (Å²) in [6, 6.07) is 4.75. The summed E-state index contributed by atoms with van der Waals surface area (Å²) < 4.78 is 17.5. The van der Waals surface area contributed by atoms with Crippen molar-refractivity contribution in [2.75, 3.05) is 0 Å². The van der Waals surface area contributed by atoms with E-state index in [9.17, 15) is 14.0 Å². The summed E-state index contributed by atoms with van der Waals surface area (Å²) in [5.74, 6) is -2.57. The average Bonchev–Trinajstić information content (AvgIpc) is 2.81. The largest absolute Gasteiger partial charge is 0.478 e. The van der Waals surface area contributed by atoms with Crippen LogP contribution in [0.25, 0.3) is 0 Å². The Labute approximate surface area is 100 Å². The van der Waals surface area contributed by atoms with E-state index in [4.69, 9.17) is 9.84 Å². The maximum atomic E-state index is 12.6. The first kappa shape index (κ1) is 11.8. The number of rotatable bonds is 3. The number of aromatic amines is 1. The van der Waals surface area contributed by atoms with Crippen molar-refractivity contribution in [3.05, 3.63) is 47.5 Å². The summed E-state index contributed by atoms with van der Waals surface area (Å²) >= 11 is 0. The molecule has 0 fully saturated rings. The summed E-state index contributed by atoms with van der Waals surface area (Å²) in [6.45, 7) is 0. The highest BCUT2D eigenvalue weighted by Crippen LogP contribution is 2.14. The fourth-order valence-corrected chi connectivity index (χ4v) is 1.26. The number of nitrogens with one attached hydrogen (secondary N) is 1. The van der Waals surface area contributed by atoms with Crippen molar-refractivity contribution in [3.63, 3.8) is 0 Å². The number of hydrogen-bond acceptors (Lipinski definition) is 4. The molecule has 0 aliphatic carbocycles.